The van der Waals surface area contributed by atoms with Crippen LogP contribution in [0, 0.1) is 6.92 Å². The van der Waals surface area contributed by atoms with Crippen LogP contribution in [0.1, 0.15) is 28.4 Å². The normalized spacial score (nSPS) is 20.2. The molecule has 0 spiro atoms. The molecule has 3 amide bonds. The number of Topliss-reactive ketones (excluding diaryl/α,β-unsaturated/α-hetero) is 1. The molecular weight excluding hydrogens is 304 g/mol. The number of hydrogen-bond donors (Lipinski definition) is 1. The second kappa shape index (κ2) is 5.92. The van der Waals surface area contributed by atoms with Crippen LogP contribution in [0.4, 0.5) is 4.79 Å². The van der Waals surface area contributed by atoms with Crippen molar-refractivity contribution in [3.05, 3.63) is 71.3 Å². The summed E-state index contributed by atoms with van der Waals surface area (Å²) in [5.41, 5.74) is 1.08. The van der Waals surface area contributed by atoms with Crippen LogP contribution in [0.3, 0.4) is 0 Å². The molecule has 1 N–H and O–H groups in total. The summed E-state index contributed by atoms with van der Waals surface area (Å²) in [6.45, 7) is 3.34. The number of nitrogens with zero attached hydrogens (tertiary/aromatic N) is 1. The lowest BCUT2D eigenvalue weighted by Gasteiger charge is -2.22. The minimum Gasteiger partial charge on any atom is -0.319 e. The van der Waals surface area contributed by atoms with Crippen molar-refractivity contribution < 1.29 is 14.4 Å². The number of imide groups is 1. The highest BCUT2D eigenvalue weighted by molar-refractivity contribution is 6.11. The summed E-state index contributed by atoms with van der Waals surface area (Å²) in [7, 11) is 0. The zero-order chi connectivity index (χ0) is 17.3. The minimum absolute atomic E-state index is 0.268. The number of carbonyl (C=O) groups excluding carboxylic acids is 3. The van der Waals surface area contributed by atoms with E-state index >= 15 is 0 Å². The molecule has 1 atom stereocenters. The minimum atomic E-state index is -1.15. The average Bonchev–Trinajstić information content (AvgIpc) is 2.80. The summed E-state index contributed by atoms with van der Waals surface area (Å²) in [4.78, 5) is 38.3. The molecule has 5 heteroatoms. The van der Waals surface area contributed by atoms with Crippen molar-refractivity contribution in [2.24, 2.45) is 0 Å². The molecule has 1 aliphatic heterocycles. The first-order valence-corrected chi connectivity index (χ1v) is 7.71. The predicted molar refractivity (Wildman–Crippen MR) is 89.5 cm³/mol. The molecular formula is C19H18N2O3. The number of hydrogen-bond acceptors (Lipinski definition) is 3. The summed E-state index contributed by atoms with van der Waals surface area (Å²) in [6, 6.07) is 15.5. The van der Waals surface area contributed by atoms with Gasteiger partial charge >= 0.3 is 6.03 Å². The third-order valence-electron chi connectivity index (χ3n) is 4.30. The summed E-state index contributed by atoms with van der Waals surface area (Å²) < 4.78 is 0. The van der Waals surface area contributed by atoms with Crippen molar-refractivity contribution in [3.63, 3.8) is 0 Å². The summed E-state index contributed by atoms with van der Waals surface area (Å²) in [6.07, 6.45) is 0. The highest BCUT2D eigenvalue weighted by Crippen LogP contribution is 2.29. The number of ketones is 1. The van der Waals surface area contributed by atoms with E-state index < -0.39 is 17.5 Å². The first kappa shape index (κ1) is 15.9. The van der Waals surface area contributed by atoms with Gasteiger partial charge in [0, 0.05) is 5.56 Å². The number of nitrogens with one attached hydrogen (secondary N) is 1. The van der Waals surface area contributed by atoms with E-state index in [1.165, 1.54) is 0 Å². The lowest BCUT2D eigenvalue weighted by atomic mass is 9.91. The molecule has 0 unspecified atom stereocenters. The molecule has 0 radical (unpaired) electrons. The molecule has 2 aromatic carbocycles. The van der Waals surface area contributed by atoms with Gasteiger partial charge in [-0.15, -0.1) is 0 Å². The molecule has 5 nitrogen and oxygen atoms in total. The van der Waals surface area contributed by atoms with Crippen LogP contribution in [-0.4, -0.2) is 29.2 Å². The Morgan fingerprint density at radius 3 is 2.29 bits per heavy atom. The van der Waals surface area contributed by atoms with Gasteiger partial charge in [-0.05, 0) is 19.4 Å². The first-order valence-electron chi connectivity index (χ1n) is 7.71. The van der Waals surface area contributed by atoms with Gasteiger partial charge in [0.25, 0.3) is 5.91 Å². The fraction of sp³-hybridized carbons (Fsp3) is 0.211. The van der Waals surface area contributed by atoms with Gasteiger partial charge in [0.2, 0.25) is 0 Å². The van der Waals surface area contributed by atoms with Gasteiger partial charge in [-0.2, -0.15) is 0 Å². The molecule has 1 saturated heterocycles. The Hall–Kier alpha value is -2.95. The van der Waals surface area contributed by atoms with E-state index in [4.69, 9.17) is 0 Å². The van der Waals surface area contributed by atoms with Gasteiger partial charge < -0.3 is 5.32 Å². The molecule has 1 heterocycles. The monoisotopic (exact) mass is 322 g/mol. The van der Waals surface area contributed by atoms with Crippen LogP contribution >= 0.6 is 0 Å². The second-order valence-electron chi connectivity index (χ2n) is 6.10. The van der Waals surface area contributed by atoms with E-state index in [1.54, 1.807) is 37.3 Å². The maximum Gasteiger partial charge on any atom is 0.325 e. The molecule has 122 valence electrons. The van der Waals surface area contributed by atoms with E-state index in [1.807, 2.05) is 31.2 Å². The number of urea groups is 1. The molecule has 1 fully saturated rings. The average molecular weight is 322 g/mol. The Kier molecular flexibility index (Phi) is 3.93. The van der Waals surface area contributed by atoms with E-state index in [2.05, 4.69) is 5.32 Å². The summed E-state index contributed by atoms with van der Waals surface area (Å²) in [5.74, 6) is -0.687. The third-order valence-corrected chi connectivity index (χ3v) is 4.30. The Morgan fingerprint density at radius 1 is 1.04 bits per heavy atom. The van der Waals surface area contributed by atoms with Gasteiger partial charge in [-0.1, -0.05) is 60.2 Å². The molecule has 3 rings (SSSR count). The van der Waals surface area contributed by atoms with Gasteiger partial charge in [0.05, 0.1) is 6.54 Å². The molecule has 0 saturated carbocycles. The number of carbonyl (C=O) groups is 3. The van der Waals surface area contributed by atoms with Crippen LogP contribution in [0.15, 0.2) is 54.6 Å². The summed E-state index contributed by atoms with van der Waals surface area (Å²) in [5, 5.41) is 2.71. The SMILES string of the molecule is Cc1ccc([C@@]2(C)NC(=O)N(CC(=O)c3ccccc3)C2=O)cc1. The Morgan fingerprint density at radius 2 is 1.67 bits per heavy atom. The molecule has 0 aromatic heterocycles. The topological polar surface area (TPSA) is 66.5 Å². The second-order valence-corrected chi connectivity index (χ2v) is 6.10. The number of rotatable bonds is 4. The van der Waals surface area contributed by atoms with Crippen LogP contribution in [0.25, 0.3) is 0 Å². The van der Waals surface area contributed by atoms with E-state index in [-0.39, 0.29) is 12.3 Å². The fourth-order valence-electron chi connectivity index (χ4n) is 2.78. The molecule has 1 aliphatic rings. The Labute approximate surface area is 140 Å². The van der Waals surface area contributed by atoms with E-state index in [0.717, 1.165) is 10.5 Å². The summed E-state index contributed by atoms with van der Waals surface area (Å²) >= 11 is 0. The number of aryl methyl sites for hydroxylation is 1. The smallest absolute Gasteiger partial charge is 0.319 e. The lowest BCUT2D eigenvalue weighted by Crippen LogP contribution is -2.41. The standard InChI is InChI=1S/C19H18N2O3/c1-13-8-10-15(11-9-13)19(2)17(23)21(18(24)20-19)12-16(22)14-6-4-3-5-7-14/h3-11H,12H2,1-2H3,(H,20,24)/t19-/m1/s1. The van der Waals surface area contributed by atoms with E-state index in [9.17, 15) is 14.4 Å². The Bertz CT molecular complexity index is 799. The first-order chi connectivity index (χ1) is 11.4. The highest BCUT2D eigenvalue weighted by Gasteiger charge is 2.49. The van der Waals surface area contributed by atoms with Crippen molar-refractivity contribution in [2.75, 3.05) is 6.54 Å². The van der Waals surface area contributed by atoms with Crippen molar-refractivity contribution in [2.45, 2.75) is 19.4 Å². The number of amides is 3. The fourth-order valence-corrected chi connectivity index (χ4v) is 2.78. The maximum absolute atomic E-state index is 12.8. The molecule has 2 aromatic rings. The quantitative estimate of drug-likeness (QED) is 0.695. The van der Waals surface area contributed by atoms with Crippen LogP contribution in [0.5, 0.6) is 0 Å². The third kappa shape index (κ3) is 2.69. The van der Waals surface area contributed by atoms with Crippen LogP contribution < -0.4 is 5.32 Å². The molecule has 0 bridgehead atoms. The Balaban J connectivity index is 1.84. The van der Waals surface area contributed by atoms with Crippen molar-refractivity contribution in [1.29, 1.82) is 0 Å². The zero-order valence-corrected chi connectivity index (χ0v) is 13.6. The molecule has 24 heavy (non-hydrogen) atoms. The largest absolute Gasteiger partial charge is 0.325 e. The van der Waals surface area contributed by atoms with Gasteiger partial charge in [-0.3, -0.25) is 14.5 Å². The van der Waals surface area contributed by atoms with Crippen molar-refractivity contribution in [3.8, 4) is 0 Å². The van der Waals surface area contributed by atoms with Gasteiger partial charge in [-0.25, -0.2) is 4.79 Å². The highest BCUT2D eigenvalue weighted by atomic mass is 16.2. The lowest BCUT2D eigenvalue weighted by molar-refractivity contribution is -0.130. The van der Waals surface area contributed by atoms with Crippen molar-refractivity contribution in [1.82, 2.24) is 10.2 Å². The van der Waals surface area contributed by atoms with Gasteiger partial charge in [0.15, 0.2) is 5.78 Å². The predicted octanol–water partition coefficient (Wildman–Crippen LogP) is 2.64. The maximum atomic E-state index is 12.8. The van der Waals surface area contributed by atoms with Crippen molar-refractivity contribution >= 4 is 17.7 Å². The zero-order valence-electron chi connectivity index (χ0n) is 13.6. The number of benzene rings is 2. The van der Waals surface area contributed by atoms with Gasteiger partial charge in [0.1, 0.15) is 5.54 Å². The van der Waals surface area contributed by atoms with Crippen LogP contribution in [-0.2, 0) is 10.3 Å². The van der Waals surface area contributed by atoms with Crippen LogP contribution in [0.2, 0.25) is 0 Å². The van der Waals surface area contributed by atoms with E-state index in [0.29, 0.717) is 11.1 Å². The molecule has 0 aliphatic carbocycles.